The monoisotopic (exact) mass is 259 g/mol. The van der Waals surface area contributed by atoms with Gasteiger partial charge in [-0.1, -0.05) is 6.07 Å². The largest absolute Gasteiger partial charge is 0.497 e. The molecule has 0 aliphatic carbocycles. The highest BCUT2D eigenvalue weighted by Gasteiger charge is 2.34. The maximum atomic E-state index is 11.9. The van der Waals surface area contributed by atoms with Crippen LogP contribution in [0.2, 0.25) is 0 Å². The third-order valence-corrected chi connectivity index (χ3v) is 3.32. The van der Waals surface area contributed by atoms with Gasteiger partial charge in [0, 0.05) is 24.3 Å². The van der Waals surface area contributed by atoms with Crippen molar-refractivity contribution >= 4 is 11.6 Å². The second-order valence-electron chi connectivity index (χ2n) is 4.58. The summed E-state index contributed by atoms with van der Waals surface area (Å²) >= 11 is 0. The molecule has 5 heteroatoms. The first-order valence-electron chi connectivity index (χ1n) is 6.24. The second kappa shape index (κ2) is 5.61. The number of piperazine rings is 1. The molecule has 1 fully saturated rings. The fourth-order valence-corrected chi connectivity index (χ4v) is 2.38. The summed E-state index contributed by atoms with van der Waals surface area (Å²) in [7, 11) is 1.61. The molecular formula is C14H17N3O2. The molecule has 1 amide bonds. The number of ether oxygens (including phenoxy) is 1. The Balaban J connectivity index is 2.36. The van der Waals surface area contributed by atoms with Crippen molar-refractivity contribution < 1.29 is 9.53 Å². The van der Waals surface area contributed by atoms with Gasteiger partial charge in [0.05, 0.1) is 19.6 Å². The van der Waals surface area contributed by atoms with Gasteiger partial charge < -0.3 is 15.0 Å². The smallest absolute Gasteiger partial charge is 0.243 e. The molecule has 2 atom stereocenters. The van der Waals surface area contributed by atoms with Gasteiger partial charge >= 0.3 is 0 Å². The molecule has 1 N–H and O–H groups in total. The van der Waals surface area contributed by atoms with Gasteiger partial charge in [-0.25, -0.2) is 0 Å². The van der Waals surface area contributed by atoms with E-state index in [1.807, 2.05) is 36.1 Å². The highest BCUT2D eigenvalue weighted by molar-refractivity contribution is 5.87. The Bertz CT molecular complexity index is 510. The lowest BCUT2D eigenvalue weighted by Gasteiger charge is -2.41. The molecule has 1 heterocycles. The second-order valence-corrected chi connectivity index (χ2v) is 4.58. The Labute approximate surface area is 112 Å². The average molecular weight is 259 g/mol. The maximum Gasteiger partial charge on any atom is 0.243 e. The Morgan fingerprint density at radius 3 is 3.05 bits per heavy atom. The van der Waals surface area contributed by atoms with Crippen LogP contribution in [0.5, 0.6) is 5.75 Å². The van der Waals surface area contributed by atoms with Crippen LogP contribution in [-0.4, -0.2) is 31.6 Å². The van der Waals surface area contributed by atoms with E-state index < -0.39 is 6.04 Å². The van der Waals surface area contributed by atoms with E-state index in [2.05, 4.69) is 11.4 Å². The standard InChI is InChI=1S/C14H17N3O2/c1-10-9-16-14(18)13(6-7-15)17(10)11-4-3-5-12(8-11)19-2/h3-5,8,10,13H,6,9H2,1-2H3,(H,16,18). The van der Waals surface area contributed by atoms with Gasteiger partial charge in [0.25, 0.3) is 0 Å². The van der Waals surface area contributed by atoms with Crippen molar-refractivity contribution in [3.05, 3.63) is 24.3 Å². The van der Waals surface area contributed by atoms with Crippen molar-refractivity contribution in [2.75, 3.05) is 18.6 Å². The molecule has 100 valence electrons. The van der Waals surface area contributed by atoms with Crippen LogP contribution in [0.15, 0.2) is 24.3 Å². The van der Waals surface area contributed by atoms with Gasteiger partial charge in [-0.2, -0.15) is 5.26 Å². The molecule has 1 aliphatic heterocycles. The first-order valence-corrected chi connectivity index (χ1v) is 6.24. The number of rotatable bonds is 3. The van der Waals surface area contributed by atoms with Gasteiger partial charge in [-0.3, -0.25) is 4.79 Å². The van der Waals surface area contributed by atoms with Crippen molar-refractivity contribution in [1.29, 1.82) is 5.26 Å². The third kappa shape index (κ3) is 2.63. The van der Waals surface area contributed by atoms with Crippen LogP contribution in [0.4, 0.5) is 5.69 Å². The molecule has 19 heavy (non-hydrogen) atoms. The van der Waals surface area contributed by atoms with Gasteiger partial charge in [-0.15, -0.1) is 0 Å². The first kappa shape index (κ1) is 13.2. The van der Waals surface area contributed by atoms with Crippen LogP contribution in [0, 0.1) is 11.3 Å². The number of nitrogens with one attached hydrogen (secondary N) is 1. The average Bonchev–Trinajstić information content (AvgIpc) is 2.43. The lowest BCUT2D eigenvalue weighted by molar-refractivity contribution is -0.123. The van der Waals surface area contributed by atoms with E-state index in [-0.39, 0.29) is 18.4 Å². The fraction of sp³-hybridized carbons (Fsp3) is 0.429. The van der Waals surface area contributed by atoms with Gasteiger partial charge in [0.15, 0.2) is 0 Å². The summed E-state index contributed by atoms with van der Waals surface area (Å²) in [5, 5.41) is 11.7. The first-order chi connectivity index (χ1) is 9.17. The summed E-state index contributed by atoms with van der Waals surface area (Å²) < 4.78 is 5.21. The van der Waals surface area contributed by atoms with Gasteiger partial charge in [0.2, 0.25) is 5.91 Å². The number of nitrogens with zero attached hydrogens (tertiary/aromatic N) is 2. The topological polar surface area (TPSA) is 65.4 Å². The number of anilines is 1. The third-order valence-electron chi connectivity index (χ3n) is 3.32. The summed E-state index contributed by atoms with van der Waals surface area (Å²) in [5.41, 5.74) is 0.905. The minimum atomic E-state index is -0.444. The molecule has 5 nitrogen and oxygen atoms in total. The number of carbonyl (C=O) groups is 1. The van der Waals surface area contributed by atoms with Crippen molar-refractivity contribution in [1.82, 2.24) is 5.32 Å². The minimum Gasteiger partial charge on any atom is -0.497 e. The molecule has 1 aliphatic rings. The van der Waals surface area contributed by atoms with Gasteiger partial charge in [-0.05, 0) is 19.1 Å². The summed E-state index contributed by atoms with van der Waals surface area (Å²) in [4.78, 5) is 13.9. The summed E-state index contributed by atoms with van der Waals surface area (Å²) in [6.45, 7) is 2.61. The fourth-order valence-electron chi connectivity index (χ4n) is 2.38. The van der Waals surface area contributed by atoms with Crippen molar-refractivity contribution in [2.45, 2.75) is 25.4 Å². The number of hydrogen-bond acceptors (Lipinski definition) is 4. The minimum absolute atomic E-state index is 0.0949. The molecule has 2 unspecified atom stereocenters. The Morgan fingerprint density at radius 1 is 1.58 bits per heavy atom. The number of carbonyl (C=O) groups excluding carboxylic acids is 1. The molecule has 1 saturated heterocycles. The number of amides is 1. The Kier molecular flexibility index (Phi) is 3.91. The summed E-state index contributed by atoms with van der Waals surface area (Å²) in [6.07, 6.45) is 0.174. The molecule has 0 spiro atoms. The van der Waals surface area contributed by atoms with Crippen LogP contribution in [-0.2, 0) is 4.79 Å². The van der Waals surface area contributed by atoms with Crippen molar-refractivity contribution in [2.24, 2.45) is 0 Å². The number of methoxy groups -OCH3 is 1. The SMILES string of the molecule is COc1cccc(N2C(C)CNC(=O)C2CC#N)c1. The Morgan fingerprint density at radius 2 is 2.37 bits per heavy atom. The molecule has 1 aromatic rings. The molecule has 0 bridgehead atoms. The molecule has 0 aromatic heterocycles. The van der Waals surface area contributed by atoms with Gasteiger partial charge in [0.1, 0.15) is 11.8 Å². The van der Waals surface area contributed by atoms with E-state index in [1.54, 1.807) is 7.11 Å². The predicted molar refractivity (Wildman–Crippen MR) is 72.0 cm³/mol. The van der Waals surface area contributed by atoms with E-state index >= 15 is 0 Å². The Hall–Kier alpha value is -2.22. The summed E-state index contributed by atoms with van der Waals surface area (Å²) in [6, 6.07) is 9.35. The van der Waals surface area contributed by atoms with E-state index in [0.717, 1.165) is 11.4 Å². The number of benzene rings is 1. The van der Waals surface area contributed by atoms with Crippen molar-refractivity contribution in [3.8, 4) is 11.8 Å². The number of hydrogen-bond donors (Lipinski definition) is 1. The molecular weight excluding hydrogens is 242 g/mol. The van der Waals surface area contributed by atoms with E-state index in [4.69, 9.17) is 10.00 Å². The van der Waals surface area contributed by atoms with Crippen LogP contribution < -0.4 is 15.0 Å². The van der Waals surface area contributed by atoms with E-state index in [1.165, 1.54) is 0 Å². The normalized spacial score (nSPS) is 22.6. The van der Waals surface area contributed by atoms with E-state index in [0.29, 0.717) is 6.54 Å². The van der Waals surface area contributed by atoms with Crippen LogP contribution >= 0.6 is 0 Å². The van der Waals surface area contributed by atoms with Crippen LogP contribution in [0.25, 0.3) is 0 Å². The summed E-state index contributed by atoms with van der Waals surface area (Å²) in [5.74, 6) is 0.647. The lowest BCUT2D eigenvalue weighted by Crippen LogP contribution is -2.59. The van der Waals surface area contributed by atoms with E-state index in [9.17, 15) is 4.79 Å². The maximum absolute atomic E-state index is 11.9. The highest BCUT2D eigenvalue weighted by atomic mass is 16.5. The predicted octanol–water partition coefficient (Wildman–Crippen LogP) is 1.30. The lowest BCUT2D eigenvalue weighted by atomic mass is 10.0. The quantitative estimate of drug-likeness (QED) is 0.888. The highest BCUT2D eigenvalue weighted by Crippen LogP contribution is 2.27. The zero-order chi connectivity index (χ0) is 13.8. The molecule has 1 aromatic carbocycles. The zero-order valence-electron chi connectivity index (χ0n) is 11.1. The van der Waals surface area contributed by atoms with Crippen LogP contribution in [0.1, 0.15) is 13.3 Å². The zero-order valence-corrected chi connectivity index (χ0v) is 11.1. The molecule has 0 saturated carbocycles. The molecule has 0 radical (unpaired) electrons. The number of nitriles is 1. The van der Waals surface area contributed by atoms with Crippen LogP contribution in [0.3, 0.4) is 0 Å². The van der Waals surface area contributed by atoms with Crippen molar-refractivity contribution in [3.63, 3.8) is 0 Å². The molecule has 2 rings (SSSR count).